The van der Waals surface area contributed by atoms with E-state index in [1.54, 1.807) is 13.2 Å². The lowest BCUT2D eigenvalue weighted by atomic mass is 10.2. The normalized spacial score (nSPS) is 16.5. The van der Waals surface area contributed by atoms with E-state index in [1.165, 1.54) is 17.6 Å². The second-order valence-electron chi connectivity index (χ2n) is 8.97. The van der Waals surface area contributed by atoms with Crippen molar-refractivity contribution in [1.82, 2.24) is 29.5 Å². The van der Waals surface area contributed by atoms with Gasteiger partial charge >= 0.3 is 0 Å². The van der Waals surface area contributed by atoms with Crippen molar-refractivity contribution < 1.29 is 4.79 Å². The van der Waals surface area contributed by atoms with E-state index in [4.69, 9.17) is 0 Å². The summed E-state index contributed by atoms with van der Waals surface area (Å²) in [5.74, 6) is -0.0354. The van der Waals surface area contributed by atoms with Gasteiger partial charge in [0.15, 0.2) is 0 Å². The molecule has 1 atom stereocenters. The molecule has 4 rings (SSSR count). The number of carbonyl (C=O) groups is 1. The molecular weight excluding hydrogens is 416 g/mol. The first-order chi connectivity index (χ1) is 16.0. The van der Waals surface area contributed by atoms with E-state index in [9.17, 15) is 9.59 Å². The van der Waals surface area contributed by atoms with Crippen LogP contribution in [-0.4, -0.2) is 75.9 Å². The summed E-state index contributed by atoms with van der Waals surface area (Å²) in [4.78, 5) is 31.3. The van der Waals surface area contributed by atoms with E-state index in [0.29, 0.717) is 18.5 Å². The van der Waals surface area contributed by atoms with E-state index < -0.39 is 6.04 Å². The van der Waals surface area contributed by atoms with Crippen molar-refractivity contribution in [3.05, 3.63) is 40.8 Å². The van der Waals surface area contributed by atoms with Crippen molar-refractivity contribution in [1.29, 1.82) is 0 Å². The van der Waals surface area contributed by atoms with Crippen LogP contribution in [0, 0.1) is 0 Å². The highest BCUT2D eigenvalue weighted by atomic mass is 16.2. The Kier molecular flexibility index (Phi) is 7.45. The van der Waals surface area contributed by atoms with Gasteiger partial charge in [0, 0.05) is 50.5 Å². The van der Waals surface area contributed by atoms with Crippen molar-refractivity contribution >= 4 is 27.7 Å². The predicted molar refractivity (Wildman–Crippen MR) is 133 cm³/mol. The Morgan fingerprint density at radius 1 is 1.06 bits per heavy atom. The summed E-state index contributed by atoms with van der Waals surface area (Å²) in [6.45, 7) is 11.5. The number of fused-ring (bicyclic) bond motifs is 3. The molecule has 1 N–H and O–H groups in total. The summed E-state index contributed by atoms with van der Waals surface area (Å²) < 4.78 is 3.25. The maximum absolute atomic E-state index is 13.2. The third-order valence-electron chi connectivity index (χ3n) is 6.76. The third-order valence-corrected chi connectivity index (χ3v) is 6.76. The lowest BCUT2D eigenvalue weighted by Crippen LogP contribution is -2.47. The highest BCUT2D eigenvalue weighted by molar-refractivity contribution is 6.08. The van der Waals surface area contributed by atoms with Gasteiger partial charge in [-0.1, -0.05) is 32.0 Å². The maximum atomic E-state index is 13.2. The molecular formula is C25H36N6O2. The van der Waals surface area contributed by atoms with Crippen molar-refractivity contribution in [3.63, 3.8) is 0 Å². The molecule has 0 saturated carbocycles. The summed E-state index contributed by atoms with van der Waals surface area (Å²) in [5, 5.41) is 9.08. The number of nitrogens with one attached hydrogen (secondary N) is 1. The average molecular weight is 453 g/mol. The molecule has 0 radical (unpaired) electrons. The van der Waals surface area contributed by atoms with Gasteiger partial charge in [-0.3, -0.25) is 9.59 Å². The second-order valence-corrected chi connectivity index (χ2v) is 8.97. The molecule has 8 heteroatoms. The molecule has 0 unspecified atom stereocenters. The number of aryl methyl sites for hydroxylation is 1. The quantitative estimate of drug-likeness (QED) is 0.505. The smallest absolute Gasteiger partial charge is 0.291 e. The van der Waals surface area contributed by atoms with Crippen molar-refractivity contribution in [2.45, 2.75) is 39.2 Å². The van der Waals surface area contributed by atoms with Crippen LogP contribution in [0.15, 0.2) is 35.3 Å². The van der Waals surface area contributed by atoms with Crippen LogP contribution >= 0.6 is 0 Å². The molecule has 1 saturated heterocycles. The molecule has 0 spiro atoms. The van der Waals surface area contributed by atoms with E-state index >= 15 is 0 Å². The number of hydrogen-bond donors (Lipinski definition) is 1. The summed E-state index contributed by atoms with van der Waals surface area (Å²) in [6.07, 6.45) is 4.46. The number of para-hydroxylation sites is 1. The van der Waals surface area contributed by atoms with Gasteiger partial charge in [-0.05, 0) is 38.4 Å². The van der Waals surface area contributed by atoms with Crippen LogP contribution in [-0.2, 0) is 11.8 Å². The topological polar surface area (TPSA) is 75.4 Å². The van der Waals surface area contributed by atoms with Crippen LogP contribution in [0.1, 0.15) is 39.2 Å². The summed E-state index contributed by atoms with van der Waals surface area (Å²) in [6, 6.07) is 7.41. The zero-order valence-electron chi connectivity index (χ0n) is 20.1. The Morgan fingerprint density at radius 2 is 1.76 bits per heavy atom. The van der Waals surface area contributed by atoms with E-state index in [1.807, 2.05) is 35.8 Å². The molecule has 3 heterocycles. The number of amides is 1. The van der Waals surface area contributed by atoms with Gasteiger partial charge in [-0.15, -0.1) is 0 Å². The fraction of sp³-hybridized carbons (Fsp3) is 0.560. The van der Waals surface area contributed by atoms with Crippen LogP contribution in [0.5, 0.6) is 0 Å². The predicted octanol–water partition coefficient (Wildman–Crippen LogP) is 2.37. The minimum atomic E-state index is -0.444. The van der Waals surface area contributed by atoms with Crippen LogP contribution in [0.3, 0.4) is 0 Å². The molecule has 1 aliphatic rings. The van der Waals surface area contributed by atoms with Crippen LogP contribution in [0.25, 0.3) is 21.8 Å². The van der Waals surface area contributed by atoms with Crippen molar-refractivity contribution in [2.24, 2.45) is 7.05 Å². The number of carbonyl (C=O) groups excluding carboxylic acids is 1. The molecule has 0 bridgehead atoms. The minimum absolute atomic E-state index is 0.0354. The van der Waals surface area contributed by atoms with E-state index in [-0.39, 0.29) is 11.5 Å². The molecule has 3 aromatic rings. The van der Waals surface area contributed by atoms with Gasteiger partial charge in [-0.25, -0.2) is 4.68 Å². The second kappa shape index (κ2) is 10.5. The first kappa shape index (κ1) is 23.4. The highest BCUT2D eigenvalue weighted by Crippen LogP contribution is 2.30. The number of aromatic nitrogens is 3. The van der Waals surface area contributed by atoms with E-state index in [2.05, 4.69) is 27.1 Å². The lowest BCUT2D eigenvalue weighted by Gasteiger charge is -2.34. The molecule has 8 nitrogen and oxygen atoms in total. The Balaban J connectivity index is 1.45. The Hall–Kier alpha value is -2.71. The highest BCUT2D eigenvalue weighted by Gasteiger charge is 2.25. The molecule has 178 valence electrons. The maximum Gasteiger partial charge on any atom is 0.291 e. The van der Waals surface area contributed by atoms with Crippen LogP contribution in [0.2, 0.25) is 0 Å². The van der Waals surface area contributed by atoms with E-state index in [0.717, 1.165) is 55.4 Å². The van der Waals surface area contributed by atoms with Gasteiger partial charge < -0.3 is 19.7 Å². The minimum Gasteiger partial charge on any atom is -0.354 e. The fourth-order valence-corrected chi connectivity index (χ4v) is 4.98. The number of rotatable bonds is 9. The largest absolute Gasteiger partial charge is 0.354 e. The zero-order valence-corrected chi connectivity index (χ0v) is 20.1. The van der Waals surface area contributed by atoms with Crippen molar-refractivity contribution in [2.75, 3.05) is 45.8 Å². The van der Waals surface area contributed by atoms with Crippen LogP contribution in [0.4, 0.5) is 0 Å². The number of nitrogens with zero attached hydrogens (tertiary/aromatic N) is 5. The standard InChI is InChI=1S/C25H36N6O2/c1-4-12-29-14-16-30(17-15-29)13-8-11-26-24(32)21(5-2)31-22-10-7-6-9-19(22)20-18-27-28(3)25(33)23(20)31/h6-7,9-10,18,21H,4-5,8,11-17H2,1-3H3,(H,26,32)/t21-/m1/s1. The molecule has 2 aromatic heterocycles. The Bertz CT molecular complexity index is 1160. The molecule has 33 heavy (non-hydrogen) atoms. The van der Waals surface area contributed by atoms with Gasteiger partial charge in [-0.2, -0.15) is 5.10 Å². The monoisotopic (exact) mass is 452 g/mol. The fourth-order valence-electron chi connectivity index (χ4n) is 4.98. The average Bonchev–Trinajstić information content (AvgIpc) is 3.16. The number of piperazine rings is 1. The zero-order chi connectivity index (χ0) is 23.4. The molecule has 0 aliphatic carbocycles. The Morgan fingerprint density at radius 3 is 2.45 bits per heavy atom. The van der Waals surface area contributed by atoms with Gasteiger partial charge in [0.1, 0.15) is 11.6 Å². The molecule has 1 aromatic carbocycles. The van der Waals surface area contributed by atoms with Gasteiger partial charge in [0.25, 0.3) is 5.56 Å². The van der Waals surface area contributed by atoms with Gasteiger partial charge in [0.05, 0.1) is 11.7 Å². The third kappa shape index (κ3) is 4.82. The number of hydrogen-bond acceptors (Lipinski definition) is 5. The molecule has 1 fully saturated rings. The molecule has 1 aliphatic heterocycles. The first-order valence-corrected chi connectivity index (χ1v) is 12.2. The first-order valence-electron chi connectivity index (χ1n) is 12.2. The SMILES string of the molecule is CCCN1CCN(CCCNC(=O)[C@@H](CC)n2c3ccccc3c3cnn(C)c(=O)c32)CC1. The van der Waals surface area contributed by atoms with Crippen LogP contribution < -0.4 is 10.9 Å². The Labute approximate surface area is 195 Å². The number of benzene rings is 1. The summed E-state index contributed by atoms with van der Waals surface area (Å²) in [5.41, 5.74) is 1.25. The lowest BCUT2D eigenvalue weighted by molar-refractivity contribution is -0.124. The molecule has 1 amide bonds. The van der Waals surface area contributed by atoms with Gasteiger partial charge in [0.2, 0.25) is 5.91 Å². The van der Waals surface area contributed by atoms with Crippen molar-refractivity contribution in [3.8, 4) is 0 Å². The summed E-state index contributed by atoms with van der Waals surface area (Å²) >= 11 is 0. The summed E-state index contributed by atoms with van der Waals surface area (Å²) in [7, 11) is 1.65.